The summed E-state index contributed by atoms with van der Waals surface area (Å²) in [5.41, 5.74) is 1.17. The highest BCUT2D eigenvalue weighted by atomic mass is 16.5. The van der Waals surface area contributed by atoms with E-state index >= 15 is 0 Å². The smallest absolute Gasteiger partial charge is 0.153 e. The molecule has 14 heavy (non-hydrogen) atoms. The van der Waals surface area contributed by atoms with Crippen molar-refractivity contribution < 1.29 is 14.6 Å². The minimum absolute atomic E-state index is 0.00450. The third kappa shape index (κ3) is 2.85. The van der Waals surface area contributed by atoms with Crippen molar-refractivity contribution in [3.63, 3.8) is 0 Å². The van der Waals surface area contributed by atoms with E-state index in [-0.39, 0.29) is 11.9 Å². The summed E-state index contributed by atoms with van der Waals surface area (Å²) < 4.78 is 5.36. The van der Waals surface area contributed by atoms with E-state index in [9.17, 15) is 9.90 Å². The van der Waals surface area contributed by atoms with Gasteiger partial charge in [-0.1, -0.05) is 6.07 Å². The fraction of sp³-hybridized carbons (Fsp3) is 0.364. The lowest BCUT2D eigenvalue weighted by molar-refractivity contribution is 0.0656. The first kappa shape index (κ1) is 10.7. The van der Waals surface area contributed by atoms with Crippen LogP contribution >= 0.6 is 0 Å². The Hall–Kier alpha value is -1.35. The molecule has 1 rings (SSSR count). The van der Waals surface area contributed by atoms with E-state index in [4.69, 9.17) is 4.74 Å². The highest BCUT2D eigenvalue weighted by molar-refractivity contribution is 5.79. The van der Waals surface area contributed by atoms with Crippen molar-refractivity contribution in [1.29, 1.82) is 0 Å². The van der Waals surface area contributed by atoms with Crippen molar-refractivity contribution in [1.82, 2.24) is 0 Å². The van der Waals surface area contributed by atoms with E-state index in [1.165, 1.54) is 0 Å². The van der Waals surface area contributed by atoms with Crippen LogP contribution in [0.1, 0.15) is 29.8 Å². The molecule has 3 nitrogen and oxygen atoms in total. The van der Waals surface area contributed by atoms with Gasteiger partial charge in [0.05, 0.1) is 18.3 Å². The topological polar surface area (TPSA) is 46.5 Å². The van der Waals surface area contributed by atoms with Crippen molar-refractivity contribution >= 4 is 6.29 Å². The Morgan fingerprint density at radius 2 is 2.21 bits per heavy atom. The summed E-state index contributed by atoms with van der Waals surface area (Å²) in [5, 5.41) is 9.37. The molecule has 76 valence electrons. The number of carbonyl (C=O) groups excluding carboxylic acids is 1. The molecule has 0 aliphatic rings. The molecular weight excluding hydrogens is 180 g/mol. The molecule has 3 heteroatoms. The molecule has 1 aromatic rings. The highest BCUT2D eigenvalue weighted by Gasteiger charge is 2.02. The monoisotopic (exact) mass is 194 g/mol. The lowest BCUT2D eigenvalue weighted by Gasteiger charge is -2.08. The lowest BCUT2D eigenvalue weighted by Crippen LogP contribution is -2.02. The van der Waals surface area contributed by atoms with Crippen LogP contribution in [0.3, 0.4) is 0 Å². The van der Waals surface area contributed by atoms with Crippen LogP contribution < -0.4 is 0 Å². The summed E-state index contributed by atoms with van der Waals surface area (Å²) in [6, 6.07) is 4.90. The third-order valence-electron chi connectivity index (χ3n) is 1.81. The number of hydrogen-bond donors (Lipinski definition) is 1. The molecule has 0 radical (unpaired) electrons. The number of aromatic hydroxyl groups is 1. The Kier molecular flexibility index (Phi) is 3.65. The third-order valence-corrected chi connectivity index (χ3v) is 1.81. The number of carbonyl (C=O) groups is 1. The van der Waals surface area contributed by atoms with E-state index in [1.807, 2.05) is 13.8 Å². The maximum Gasteiger partial charge on any atom is 0.153 e. The van der Waals surface area contributed by atoms with Crippen LogP contribution in [0, 0.1) is 0 Å². The summed E-state index contributed by atoms with van der Waals surface area (Å²) in [4.78, 5) is 10.4. The van der Waals surface area contributed by atoms with Gasteiger partial charge < -0.3 is 9.84 Å². The molecule has 0 amide bonds. The van der Waals surface area contributed by atoms with E-state index in [0.717, 1.165) is 5.56 Å². The second-order valence-electron chi connectivity index (χ2n) is 3.37. The van der Waals surface area contributed by atoms with Gasteiger partial charge in [0.25, 0.3) is 0 Å². The van der Waals surface area contributed by atoms with Gasteiger partial charge in [-0.2, -0.15) is 0 Å². The molecule has 0 saturated heterocycles. The Morgan fingerprint density at radius 1 is 1.50 bits per heavy atom. The highest BCUT2D eigenvalue weighted by Crippen LogP contribution is 2.17. The number of aldehydes is 1. The standard InChI is InChI=1S/C11H14O3/c1-8(2)14-7-9-3-4-10(6-12)11(13)5-9/h3-6,8,13H,7H2,1-2H3. The number of hydrogen-bond acceptors (Lipinski definition) is 3. The summed E-state index contributed by atoms with van der Waals surface area (Å²) in [6.07, 6.45) is 0.783. The molecule has 0 heterocycles. The molecule has 0 unspecified atom stereocenters. The van der Waals surface area contributed by atoms with Crippen molar-refractivity contribution in [3.05, 3.63) is 29.3 Å². The Balaban J connectivity index is 2.71. The van der Waals surface area contributed by atoms with Gasteiger partial charge in [-0.05, 0) is 31.5 Å². The molecule has 0 fully saturated rings. The molecular formula is C11H14O3. The molecule has 0 atom stereocenters. The predicted molar refractivity (Wildman–Crippen MR) is 53.4 cm³/mol. The second-order valence-corrected chi connectivity index (χ2v) is 3.37. The summed E-state index contributed by atoms with van der Waals surface area (Å²) in [5.74, 6) is 0.00450. The quantitative estimate of drug-likeness (QED) is 0.747. The molecule has 0 aliphatic carbocycles. The first-order valence-corrected chi connectivity index (χ1v) is 4.52. The maximum absolute atomic E-state index is 10.4. The van der Waals surface area contributed by atoms with Gasteiger partial charge in [-0.25, -0.2) is 0 Å². The van der Waals surface area contributed by atoms with Crippen molar-refractivity contribution in [2.75, 3.05) is 0 Å². The van der Waals surface area contributed by atoms with Crippen LogP contribution in [0.25, 0.3) is 0 Å². The van der Waals surface area contributed by atoms with Gasteiger partial charge in [0.15, 0.2) is 6.29 Å². The summed E-state index contributed by atoms with van der Waals surface area (Å²) in [7, 11) is 0. The zero-order chi connectivity index (χ0) is 10.6. The average Bonchev–Trinajstić information content (AvgIpc) is 2.15. The van der Waals surface area contributed by atoms with Crippen LogP contribution in [0.5, 0.6) is 5.75 Å². The molecule has 0 aromatic heterocycles. The van der Waals surface area contributed by atoms with Gasteiger partial charge >= 0.3 is 0 Å². The van der Waals surface area contributed by atoms with Crippen LogP contribution in [0.15, 0.2) is 18.2 Å². The summed E-state index contributed by atoms with van der Waals surface area (Å²) >= 11 is 0. The van der Waals surface area contributed by atoms with E-state index in [0.29, 0.717) is 18.5 Å². The number of rotatable bonds is 4. The molecule has 1 aromatic carbocycles. The van der Waals surface area contributed by atoms with E-state index in [2.05, 4.69) is 0 Å². The minimum Gasteiger partial charge on any atom is -0.507 e. The molecule has 0 saturated carbocycles. The van der Waals surface area contributed by atoms with Crippen molar-refractivity contribution in [2.24, 2.45) is 0 Å². The first-order valence-electron chi connectivity index (χ1n) is 4.52. The Bertz CT molecular complexity index is 318. The van der Waals surface area contributed by atoms with Crippen molar-refractivity contribution in [2.45, 2.75) is 26.6 Å². The van der Waals surface area contributed by atoms with Crippen molar-refractivity contribution in [3.8, 4) is 5.75 Å². The van der Waals surface area contributed by atoms with Crippen LogP contribution in [0.2, 0.25) is 0 Å². The average molecular weight is 194 g/mol. The number of benzene rings is 1. The molecule has 0 aliphatic heterocycles. The number of phenols is 1. The molecule has 1 N–H and O–H groups in total. The Labute approximate surface area is 83.3 Å². The number of ether oxygens (including phenoxy) is 1. The fourth-order valence-electron chi connectivity index (χ4n) is 1.04. The largest absolute Gasteiger partial charge is 0.507 e. The molecule has 0 spiro atoms. The maximum atomic E-state index is 10.4. The van der Waals surface area contributed by atoms with Crippen LogP contribution in [-0.2, 0) is 11.3 Å². The van der Waals surface area contributed by atoms with Gasteiger partial charge in [0.1, 0.15) is 5.75 Å². The number of phenolic OH excluding ortho intramolecular Hbond substituents is 1. The zero-order valence-corrected chi connectivity index (χ0v) is 8.36. The molecule has 0 bridgehead atoms. The van der Waals surface area contributed by atoms with Crippen LogP contribution in [0.4, 0.5) is 0 Å². The Morgan fingerprint density at radius 3 is 2.71 bits per heavy atom. The minimum atomic E-state index is 0.00450. The predicted octanol–water partition coefficient (Wildman–Crippen LogP) is 2.13. The fourth-order valence-corrected chi connectivity index (χ4v) is 1.04. The van der Waals surface area contributed by atoms with Gasteiger partial charge in [0, 0.05) is 0 Å². The van der Waals surface area contributed by atoms with Gasteiger partial charge in [-0.3, -0.25) is 4.79 Å². The second kappa shape index (κ2) is 4.77. The van der Waals surface area contributed by atoms with Crippen LogP contribution in [-0.4, -0.2) is 17.5 Å². The van der Waals surface area contributed by atoms with Gasteiger partial charge in [0.2, 0.25) is 0 Å². The normalized spacial score (nSPS) is 10.5. The first-order chi connectivity index (χ1) is 6.63. The van der Waals surface area contributed by atoms with Gasteiger partial charge in [-0.15, -0.1) is 0 Å². The lowest BCUT2D eigenvalue weighted by atomic mass is 10.1. The summed E-state index contributed by atoms with van der Waals surface area (Å²) in [6.45, 7) is 4.34. The van der Waals surface area contributed by atoms with E-state index < -0.39 is 0 Å². The zero-order valence-electron chi connectivity index (χ0n) is 8.36. The SMILES string of the molecule is CC(C)OCc1ccc(C=O)c(O)c1. The van der Waals surface area contributed by atoms with E-state index in [1.54, 1.807) is 18.2 Å².